The van der Waals surface area contributed by atoms with Crippen LogP contribution in [-0.4, -0.2) is 46.6 Å². The molecule has 1 N–H and O–H groups in total. The van der Waals surface area contributed by atoms with E-state index in [1.807, 2.05) is 0 Å². The average Bonchev–Trinajstić information content (AvgIpc) is 2.35. The van der Waals surface area contributed by atoms with Crippen molar-refractivity contribution in [2.75, 3.05) is 13.1 Å². The molecule has 2 heterocycles. The molecule has 1 saturated heterocycles. The highest BCUT2D eigenvalue weighted by atomic mass is 35.5. The van der Waals surface area contributed by atoms with Crippen LogP contribution in [0.15, 0.2) is 6.07 Å². The molecule has 9 heteroatoms. The Balaban J connectivity index is 1.90. The van der Waals surface area contributed by atoms with Crippen molar-refractivity contribution in [3.63, 3.8) is 0 Å². The molecular weight excluding hydrogens is 348 g/mol. The van der Waals surface area contributed by atoms with Gasteiger partial charge >= 0.3 is 6.09 Å². The molecule has 2 amide bonds. The lowest BCUT2D eigenvalue weighted by Crippen LogP contribution is -2.61. The molecule has 1 fully saturated rings. The number of amides is 2. The van der Waals surface area contributed by atoms with Gasteiger partial charge in [0.15, 0.2) is 11.0 Å². The Morgan fingerprint density at radius 2 is 1.96 bits per heavy atom. The Hall–Kier alpha value is -1.60. The van der Waals surface area contributed by atoms with Crippen LogP contribution in [0.1, 0.15) is 31.1 Å². The van der Waals surface area contributed by atoms with Crippen molar-refractivity contribution >= 4 is 35.2 Å². The molecule has 0 aliphatic carbocycles. The van der Waals surface area contributed by atoms with Crippen molar-refractivity contribution in [3.8, 4) is 0 Å². The summed E-state index contributed by atoms with van der Waals surface area (Å²) in [7, 11) is 0. The highest BCUT2D eigenvalue weighted by Gasteiger charge is 2.35. The van der Waals surface area contributed by atoms with Gasteiger partial charge in [0.1, 0.15) is 10.8 Å². The molecule has 0 bridgehead atoms. The molecule has 1 aliphatic rings. The summed E-state index contributed by atoms with van der Waals surface area (Å²) in [6.45, 7) is 5.93. The summed E-state index contributed by atoms with van der Waals surface area (Å²) < 4.78 is 18.6. The Morgan fingerprint density at radius 1 is 1.35 bits per heavy atom. The molecule has 6 nitrogen and oxygen atoms in total. The number of likely N-dealkylation sites (tertiary alicyclic amines) is 1. The molecular formula is C14H16Cl2FN3O3. The minimum Gasteiger partial charge on any atom is -0.444 e. The van der Waals surface area contributed by atoms with E-state index in [-0.39, 0.29) is 16.8 Å². The van der Waals surface area contributed by atoms with E-state index in [2.05, 4.69) is 10.3 Å². The van der Waals surface area contributed by atoms with Crippen LogP contribution in [0, 0.1) is 5.82 Å². The van der Waals surface area contributed by atoms with Gasteiger partial charge in [-0.2, -0.15) is 0 Å². The predicted molar refractivity (Wildman–Crippen MR) is 83.3 cm³/mol. The number of hydrogen-bond donors (Lipinski definition) is 1. The topological polar surface area (TPSA) is 71.5 Å². The molecule has 0 aromatic carbocycles. The lowest BCUT2D eigenvalue weighted by atomic mass is 10.1. The number of aromatic nitrogens is 1. The molecule has 1 aliphatic heterocycles. The van der Waals surface area contributed by atoms with Gasteiger partial charge in [-0.3, -0.25) is 4.79 Å². The average molecular weight is 364 g/mol. The van der Waals surface area contributed by atoms with Gasteiger partial charge in [-0.05, 0) is 26.8 Å². The standard InChI is InChI=1S/C14H16Cl2FN3O3/c1-14(2,3)23-13(22)20-5-7(6-20)18-12(21)8-4-9(17)11(16)19-10(8)15/h4,7H,5-6H2,1-3H3,(H,18,21). The van der Waals surface area contributed by atoms with Crippen LogP contribution in [0.2, 0.25) is 10.3 Å². The summed E-state index contributed by atoms with van der Waals surface area (Å²) in [5, 5.41) is 2.07. The molecule has 126 valence electrons. The van der Waals surface area contributed by atoms with Crippen molar-refractivity contribution in [1.29, 1.82) is 0 Å². The summed E-state index contributed by atoms with van der Waals surface area (Å²) in [5.41, 5.74) is -0.685. The summed E-state index contributed by atoms with van der Waals surface area (Å²) >= 11 is 11.3. The van der Waals surface area contributed by atoms with Gasteiger partial charge in [0.25, 0.3) is 5.91 Å². The Kier molecular flexibility index (Phi) is 5.01. The van der Waals surface area contributed by atoms with Gasteiger partial charge in [0.05, 0.1) is 11.6 Å². The molecule has 0 radical (unpaired) electrons. The minimum atomic E-state index is -0.829. The summed E-state index contributed by atoms with van der Waals surface area (Å²) in [6.07, 6.45) is -0.444. The number of nitrogens with zero attached hydrogens (tertiary/aromatic N) is 2. The van der Waals surface area contributed by atoms with Crippen LogP contribution in [0.5, 0.6) is 0 Å². The van der Waals surface area contributed by atoms with E-state index in [4.69, 9.17) is 27.9 Å². The van der Waals surface area contributed by atoms with Crippen LogP contribution in [0.4, 0.5) is 9.18 Å². The van der Waals surface area contributed by atoms with Crippen LogP contribution in [0.25, 0.3) is 0 Å². The number of hydrogen-bond acceptors (Lipinski definition) is 4. The Bertz CT molecular complexity index is 643. The maximum Gasteiger partial charge on any atom is 0.410 e. The third-order valence-corrected chi connectivity index (χ3v) is 3.55. The van der Waals surface area contributed by atoms with E-state index in [9.17, 15) is 14.0 Å². The van der Waals surface area contributed by atoms with E-state index < -0.39 is 28.6 Å². The van der Waals surface area contributed by atoms with Gasteiger partial charge in [-0.15, -0.1) is 0 Å². The summed E-state index contributed by atoms with van der Waals surface area (Å²) in [4.78, 5) is 28.8. The third kappa shape index (κ3) is 4.45. The Labute approximate surface area is 142 Å². The number of ether oxygens (including phenoxy) is 1. The van der Waals surface area contributed by atoms with Gasteiger partial charge in [0.2, 0.25) is 0 Å². The number of carbonyl (C=O) groups excluding carboxylic acids is 2. The van der Waals surface area contributed by atoms with Crippen LogP contribution < -0.4 is 5.32 Å². The fraction of sp³-hybridized carbons (Fsp3) is 0.500. The molecule has 1 aromatic heterocycles. The SMILES string of the molecule is CC(C)(C)OC(=O)N1CC(NC(=O)c2cc(F)c(Cl)nc2Cl)C1. The molecule has 2 rings (SSSR count). The number of halogens is 3. The maximum absolute atomic E-state index is 13.4. The van der Waals surface area contributed by atoms with E-state index in [0.717, 1.165) is 6.07 Å². The van der Waals surface area contributed by atoms with Crippen molar-refractivity contribution in [2.24, 2.45) is 0 Å². The normalized spacial score (nSPS) is 15.1. The zero-order chi connectivity index (χ0) is 17.4. The quantitative estimate of drug-likeness (QED) is 0.820. The smallest absolute Gasteiger partial charge is 0.410 e. The van der Waals surface area contributed by atoms with Crippen molar-refractivity contribution in [1.82, 2.24) is 15.2 Å². The van der Waals surface area contributed by atoms with Crippen molar-refractivity contribution in [3.05, 3.63) is 27.8 Å². The summed E-state index contributed by atoms with van der Waals surface area (Å²) in [5.74, 6) is -1.41. The second kappa shape index (κ2) is 6.49. The van der Waals surface area contributed by atoms with E-state index >= 15 is 0 Å². The first-order valence-corrected chi connectivity index (χ1v) is 7.63. The van der Waals surface area contributed by atoms with Crippen LogP contribution in [0.3, 0.4) is 0 Å². The van der Waals surface area contributed by atoms with Gasteiger partial charge < -0.3 is 15.0 Å². The molecule has 23 heavy (non-hydrogen) atoms. The lowest BCUT2D eigenvalue weighted by molar-refractivity contribution is 0.00533. The molecule has 0 unspecified atom stereocenters. The highest BCUT2D eigenvalue weighted by Crippen LogP contribution is 2.21. The van der Waals surface area contributed by atoms with Gasteiger partial charge in [0, 0.05) is 13.1 Å². The van der Waals surface area contributed by atoms with Crippen molar-refractivity contribution in [2.45, 2.75) is 32.4 Å². The monoisotopic (exact) mass is 363 g/mol. The Morgan fingerprint density at radius 3 is 2.52 bits per heavy atom. The number of rotatable bonds is 2. The molecule has 0 atom stereocenters. The first-order valence-electron chi connectivity index (χ1n) is 6.87. The second-order valence-corrected chi connectivity index (χ2v) is 6.87. The fourth-order valence-corrected chi connectivity index (χ4v) is 2.32. The van der Waals surface area contributed by atoms with E-state index in [0.29, 0.717) is 13.1 Å². The third-order valence-electron chi connectivity index (χ3n) is 3.00. The molecule has 1 aromatic rings. The minimum absolute atomic E-state index is 0.107. The van der Waals surface area contributed by atoms with Crippen LogP contribution in [-0.2, 0) is 4.74 Å². The first-order chi connectivity index (χ1) is 10.6. The van der Waals surface area contributed by atoms with Gasteiger partial charge in [-0.25, -0.2) is 14.2 Å². The molecule has 0 spiro atoms. The predicted octanol–water partition coefficient (Wildman–Crippen LogP) is 2.88. The van der Waals surface area contributed by atoms with E-state index in [1.165, 1.54) is 4.90 Å². The van der Waals surface area contributed by atoms with Crippen LogP contribution >= 0.6 is 23.2 Å². The largest absolute Gasteiger partial charge is 0.444 e. The number of pyridine rings is 1. The van der Waals surface area contributed by atoms with E-state index in [1.54, 1.807) is 20.8 Å². The summed E-state index contributed by atoms with van der Waals surface area (Å²) in [6, 6.07) is 0.668. The first kappa shape index (κ1) is 17.7. The maximum atomic E-state index is 13.4. The number of carbonyl (C=O) groups is 2. The zero-order valence-corrected chi connectivity index (χ0v) is 14.3. The highest BCUT2D eigenvalue weighted by molar-refractivity contribution is 6.34. The zero-order valence-electron chi connectivity index (χ0n) is 12.8. The fourth-order valence-electron chi connectivity index (χ4n) is 1.91. The lowest BCUT2D eigenvalue weighted by Gasteiger charge is -2.39. The molecule has 0 saturated carbocycles. The number of nitrogens with one attached hydrogen (secondary N) is 1. The second-order valence-electron chi connectivity index (χ2n) is 6.16. The van der Waals surface area contributed by atoms with Crippen molar-refractivity contribution < 1.29 is 18.7 Å². The van der Waals surface area contributed by atoms with Gasteiger partial charge in [-0.1, -0.05) is 23.2 Å².